The number of ether oxygens (including phenoxy) is 1. The van der Waals surface area contributed by atoms with E-state index in [0.29, 0.717) is 11.2 Å². The van der Waals surface area contributed by atoms with E-state index in [4.69, 9.17) is 4.74 Å². The van der Waals surface area contributed by atoms with Gasteiger partial charge in [0.25, 0.3) is 17.4 Å². The SMILES string of the molecule is CCCNC(=O)c1cc(Oc2ccc(NC(=O)c3nn(-c4cccc(C(F)(F)F)c4)c(=O)cc3C)cc2F)ccn1. The van der Waals surface area contributed by atoms with E-state index in [2.05, 4.69) is 20.7 Å². The standard InChI is InChI=1S/C28H23F4N5O4/c1-3-10-34-26(39)22-15-20(9-11-33-22)41-23-8-7-18(14-21(23)29)35-27(40)25-16(2)12-24(38)37(36-25)19-6-4-5-17(13-19)28(30,31)32/h4-9,11-15H,3,10H2,1-2H3,(H,34,39)(H,35,40). The molecule has 0 saturated heterocycles. The summed E-state index contributed by atoms with van der Waals surface area (Å²) in [6.07, 6.45) is -2.56. The molecule has 13 heteroatoms. The van der Waals surface area contributed by atoms with Crippen molar-refractivity contribution in [1.82, 2.24) is 20.1 Å². The predicted molar refractivity (Wildman–Crippen MR) is 141 cm³/mol. The molecule has 4 rings (SSSR count). The Morgan fingerprint density at radius 1 is 1.02 bits per heavy atom. The largest absolute Gasteiger partial charge is 0.454 e. The molecule has 2 aromatic heterocycles. The lowest BCUT2D eigenvalue weighted by Crippen LogP contribution is -2.27. The lowest BCUT2D eigenvalue weighted by atomic mass is 10.2. The number of hydrogen-bond acceptors (Lipinski definition) is 6. The van der Waals surface area contributed by atoms with Crippen molar-refractivity contribution >= 4 is 17.5 Å². The predicted octanol–water partition coefficient (Wildman–Crippen LogP) is 5.28. The van der Waals surface area contributed by atoms with Crippen LogP contribution in [-0.4, -0.2) is 33.1 Å². The summed E-state index contributed by atoms with van der Waals surface area (Å²) in [6.45, 7) is 3.80. The minimum atomic E-state index is -4.65. The molecule has 2 aromatic carbocycles. The van der Waals surface area contributed by atoms with Gasteiger partial charge in [-0.2, -0.15) is 23.0 Å². The maximum atomic E-state index is 14.8. The molecule has 0 aliphatic heterocycles. The van der Waals surface area contributed by atoms with Crippen molar-refractivity contribution in [3.63, 3.8) is 0 Å². The number of aryl methyl sites for hydroxylation is 1. The van der Waals surface area contributed by atoms with Gasteiger partial charge in [0.1, 0.15) is 11.4 Å². The van der Waals surface area contributed by atoms with Crippen LogP contribution in [0.1, 0.15) is 45.4 Å². The van der Waals surface area contributed by atoms with Crippen LogP contribution < -0.4 is 20.9 Å². The summed E-state index contributed by atoms with van der Waals surface area (Å²) in [6, 6.07) is 11.4. The van der Waals surface area contributed by atoms with Gasteiger partial charge in [-0.3, -0.25) is 19.4 Å². The maximum absolute atomic E-state index is 14.8. The highest BCUT2D eigenvalue weighted by Crippen LogP contribution is 2.30. The zero-order chi connectivity index (χ0) is 29.7. The molecule has 2 N–H and O–H groups in total. The minimum absolute atomic E-state index is 0.0206. The van der Waals surface area contributed by atoms with E-state index in [1.165, 1.54) is 43.5 Å². The van der Waals surface area contributed by atoms with Gasteiger partial charge in [0.05, 0.1) is 11.3 Å². The average molecular weight is 570 g/mol. The second kappa shape index (κ2) is 12.0. The van der Waals surface area contributed by atoms with Crippen molar-refractivity contribution in [3.05, 3.63) is 106 Å². The van der Waals surface area contributed by atoms with E-state index in [1.807, 2.05) is 6.92 Å². The molecule has 41 heavy (non-hydrogen) atoms. The highest BCUT2D eigenvalue weighted by atomic mass is 19.4. The molecular formula is C28H23F4N5O4. The molecule has 2 amide bonds. The third-order valence-electron chi connectivity index (χ3n) is 5.67. The highest BCUT2D eigenvalue weighted by Gasteiger charge is 2.30. The monoisotopic (exact) mass is 569 g/mol. The lowest BCUT2D eigenvalue weighted by molar-refractivity contribution is -0.137. The molecule has 0 bridgehead atoms. The molecule has 2 heterocycles. The van der Waals surface area contributed by atoms with Gasteiger partial charge in [-0.25, -0.2) is 4.39 Å². The van der Waals surface area contributed by atoms with Gasteiger partial charge in [0.15, 0.2) is 17.3 Å². The van der Waals surface area contributed by atoms with Crippen molar-refractivity contribution < 1.29 is 31.9 Å². The van der Waals surface area contributed by atoms with Gasteiger partial charge in [-0.05, 0) is 55.3 Å². The number of rotatable bonds is 8. The van der Waals surface area contributed by atoms with Crippen molar-refractivity contribution in [2.45, 2.75) is 26.4 Å². The zero-order valence-corrected chi connectivity index (χ0v) is 21.8. The number of amides is 2. The molecule has 4 aromatic rings. The van der Waals surface area contributed by atoms with Gasteiger partial charge in [-0.15, -0.1) is 0 Å². The normalized spacial score (nSPS) is 11.2. The molecule has 0 aliphatic carbocycles. The minimum Gasteiger partial charge on any atom is -0.454 e. The first-order valence-corrected chi connectivity index (χ1v) is 12.3. The van der Waals surface area contributed by atoms with Crippen molar-refractivity contribution in [2.24, 2.45) is 0 Å². The van der Waals surface area contributed by atoms with E-state index in [1.54, 1.807) is 0 Å². The smallest absolute Gasteiger partial charge is 0.416 e. The third kappa shape index (κ3) is 6.93. The zero-order valence-electron chi connectivity index (χ0n) is 21.8. The van der Waals surface area contributed by atoms with Crippen LogP contribution >= 0.6 is 0 Å². The molecule has 212 valence electrons. The van der Waals surface area contributed by atoms with Crippen molar-refractivity contribution in [3.8, 4) is 17.2 Å². The third-order valence-corrected chi connectivity index (χ3v) is 5.67. The summed E-state index contributed by atoms with van der Waals surface area (Å²) in [4.78, 5) is 41.5. The van der Waals surface area contributed by atoms with Crippen LogP contribution in [-0.2, 0) is 6.18 Å². The van der Waals surface area contributed by atoms with E-state index >= 15 is 0 Å². The summed E-state index contributed by atoms with van der Waals surface area (Å²) < 4.78 is 60.5. The summed E-state index contributed by atoms with van der Waals surface area (Å²) in [5.74, 6) is -2.10. The van der Waals surface area contributed by atoms with Crippen LogP contribution in [0.2, 0.25) is 0 Å². The first-order valence-electron chi connectivity index (χ1n) is 12.3. The Labute approximate surface area is 230 Å². The first-order chi connectivity index (χ1) is 19.5. The van der Waals surface area contributed by atoms with Gasteiger partial charge < -0.3 is 15.4 Å². The summed E-state index contributed by atoms with van der Waals surface area (Å²) in [5.41, 5.74) is -1.90. The number of pyridine rings is 1. The van der Waals surface area contributed by atoms with Crippen LogP contribution in [0.5, 0.6) is 11.5 Å². The maximum Gasteiger partial charge on any atom is 0.416 e. The number of nitrogens with one attached hydrogen (secondary N) is 2. The van der Waals surface area contributed by atoms with E-state index < -0.39 is 34.9 Å². The molecule has 9 nitrogen and oxygen atoms in total. The number of hydrogen-bond donors (Lipinski definition) is 2. The highest BCUT2D eigenvalue weighted by molar-refractivity contribution is 6.03. The second-order valence-corrected chi connectivity index (χ2v) is 8.81. The fourth-order valence-corrected chi connectivity index (χ4v) is 3.67. The van der Waals surface area contributed by atoms with Crippen LogP contribution in [0.25, 0.3) is 5.69 Å². The molecule has 0 atom stereocenters. The van der Waals surface area contributed by atoms with Crippen LogP contribution in [0.3, 0.4) is 0 Å². The number of nitrogens with zero attached hydrogens (tertiary/aromatic N) is 3. The first kappa shape index (κ1) is 28.9. The Balaban J connectivity index is 1.53. The van der Waals surface area contributed by atoms with E-state index in [-0.39, 0.29) is 39.8 Å². The number of alkyl halides is 3. The number of carbonyl (C=O) groups excluding carboxylic acids is 2. The van der Waals surface area contributed by atoms with E-state index in [9.17, 15) is 31.9 Å². The molecule has 0 spiro atoms. The Morgan fingerprint density at radius 3 is 2.51 bits per heavy atom. The Kier molecular flexibility index (Phi) is 8.45. The Hall–Kier alpha value is -5.07. The summed E-state index contributed by atoms with van der Waals surface area (Å²) >= 11 is 0. The van der Waals surface area contributed by atoms with Gasteiger partial charge in [0.2, 0.25) is 0 Å². The Bertz CT molecular complexity index is 1670. The van der Waals surface area contributed by atoms with Gasteiger partial charge in [0, 0.05) is 36.6 Å². The fourth-order valence-electron chi connectivity index (χ4n) is 3.67. The quantitative estimate of drug-likeness (QED) is 0.279. The molecule has 0 radical (unpaired) electrons. The number of halogens is 4. The lowest BCUT2D eigenvalue weighted by Gasteiger charge is -2.13. The van der Waals surface area contributed by atoms with Crippen LogP contribution in [0.15, 0.2) is 71.7 Å². The van der Waals surface area contributed by atoms with Crippen LogP contribution in [0.4, 0.5) is 23.2 Å². The molecular weight excluding hydrogens is 546 g/mol. The number of benzene rings is 2. The average Bonchev–Trinajstić information content (AvgIpc) is 2.93. The van der Waals surface area contributed by atoms with Crippen molar-refractivity contribution in [1.29, 1.82) is 0 Å². The van der Waals surface area contributed by atoms with E-state index in [0.717, 1.165) is 36.8 Å². The molecule has 0 saturated carbocycles. The summed E-state index contributed by atoms with van der Waals surface area (Å²) in [5, 5.41) is 9.10. The second-order valence-electron chi connectivity index (χ2n) is 8.81. The van der Waals surface area contributed by atoms with Crippen LogP contribution in [0, 0.1) is 12.7 Å². The molecule has 0 fully saturated rings. The van der Waals surface area contributed by atoms with Crippen molar-refractivity contribution in [2.75, 3.05) is 11.9 Å². The summed E-state index contributed by atoms with van der Waals surface area (Å²) in [7, 11) is 0. The number of anilines is 1. The number of aromatic nitrogens is 3. The Morgan fingerprint density at radius 2 is 1.80 bits per heavy atom. The molecule has 0 unspecified atom stereocenters. The van der Waals surface area contributed by atoms with Gasteiger partial charge >= 0.3 is 6.18 Å². The fraction of sp³-hybridized carbons (Fsp3) is 0.179. The molecule has 0 aliphatic rings. The van der Waals surface area contributed by atoms with Gasteiger partial charge in [-0.1, -0.05) is 13.0 Å². The number of carbonyl (C=O) groups is 2. The topological polar surface area (TPSA) is 115 Å².